The highest BCUT2D eigenvalue weighted by Gasteiger charge is 2.28. The Morgan fingerprint density at radius 1 is 1.19 bits per heavy atom. The molecule has 1 fully saturated rings. The molecule has 1 aliphatic rings. The molecule has 0 saturated heterocycles. The molecule has 21 heavy (non-hydrogen) atoms. The van der Waals surface area contributed by atoms with Crippen molar-refractivity contribution in [2.24, 2.45) is 11.8 Å². The van der Waals surface area contributed by atoms with Gasteiger partial charge < -0.3 is 10.6 Å². The van der Waals surface area contributed by atoms with Crippen molar-refractivity contribution in [2.75, 3.05) is 17.2 Å². The molecule has 2 N–H and O–H groups in total. The summed E-state index contributed by atoms with van der Waals surface area (Å²) in [5.41, 5.74) is 0. The predicted molar refractivity (Wildman–Crippen MR) is 82.5 cm³/mol. The molecule has 1 aromatic heterocycles. The number of nitrogens with zero attached hydrogens (tertiary/aromatic N) is 1. The van der Waals surface area contributed by atoms with Crippen molar-refractivity contribution in [3.63, 3.8) is 0 Å². The minimum Gasteiger partial charge on any atom is -0.368 e. The van der Waals surface area contributed by atoms with Crippen molar-refractivity contribution < 1.29 is 8.78 Å². The summed E-state index contributed by atoms with van der Waals surface area (Å²) in [6, 6.07) is 1.11. The molecule has 2 rings (SSSR count). The summed E-state index contributed by atoms with van der Waals surface area (Å²) in [6.45, 7) is 6.80. The summed E-state index contributed by atoms with van der Waals surface area (Å²) in [4.78, 5) is 4.08. The fourth-order valence-electron chi connectivity index (χ4n) is 3.17. The first-order valence-electron chi connectivity index (χ1n) is 7.89. The van der Waals surface area contributed by atoms with Gasteiger partial charge in [-0.25, -0.2) is 13.8 Å². The van der Waals surface area contributed by atoms with Crippen molar-refractivity contribution in [2.45, 2.75) is 52.5 Å². The molecule has 0 radical (unpaired) electrons. The lowest BCUT2D eigenvalue weighted by molar-refractivity contribution is 0.253. The van der Waals surface area contributed by atoms with Gasteiger partial charge in [0.05, 0.1) is 0 Å². The van der Waals surface area contributed by atoms with E-state index in [0.717, 1.165) is 25.3 Å². The number of anilines is 2. The van der Waals surface area contributed by atoms with Crippen molar-refractivity contribution in [1.29, 1.82) is 0 Å². The SMILES string of the molecule is CCNc1nc(NC2CCCCC2C(C)C)c(F)cc1F. The monoisotopic (exact) mass is 297 g/mol. The van der Waals surface area contributed by atoms with Gasteiger partial charge in [-0.3, -0.25) is 0 Å². The standard InChI is InChI=1S/C16H25F2N3/c1-4-19-15-12(17)9-13(18)16(21-15)20-14-8-6-5-7-11(14)10(2)3/h9-11,14H,4-8H2,1-3H3,(H2,19,20,21). The topological polar surface area (TPSA) is 37.0 Å². The van der Waals surface area contributed by atoms with E-state index in [2.05, 4.69) is 29.5 Å². The first-order valence-corrected chi connectivity index (χ1v) is 7.89. The molecule has 118 valence electrons. The zero-order valence-electron chi connectivity index (χ0n) is 13.0. The van der Waals surface area contributed by atoms with Crippen LogP contribution in [0.2, 0.25) is 0 Å². The van der Waals surface area contributed by atoms with Gasteiger partial charge in [0.15, 0.2) is 23.3 Å². The highest BCUT2D eigenvalue weighted by molar-refractivity contribution is 5.48. The zero-order chi connectivity index (χ0) is 15.4. The number of rotatable bonds is 5. The fourth-order valence-corrected chi connectivity index (χ4v) is 3.17. The van der Waals surface area contributed by atoms with Crippen LogP contribution in [-0.4, -0.2) is 17.6 Å². The quantitative estimate of drug-likeness (QED) is 0.845. The van der Waals surface area contributed by atoms with E-state index in [0.29, 0.717) is 18.4 Å². The summed E-state index contributed by atoms with van der Waals surface area (Å²) in [6.07, 6.45) is 4.53. The molecule has 2 atom stereocenters. The van der Waals surface area contributed by atoms with E-state index < -0.39 is 11.6 Å². The van der Waals surface area contributed by atoms with Crippen LogP contribution in [0.3, 0.4) is 0 Å². The fraction of sp³-hybridized carbons (Fsp3) is 0.688. The predicted octanol–water partition coefficient (Wildman–Crippen LogP) is 4.42. The van der Waals surface area contributed by atoms with Gasteiger partial charge in [0.25, 0.3) is 0 Å². The summed E-state index contributed by atoms with van der Waals surface area (Å²) < 4.78 is 27.6. The third-order valence-corrected chi connectivity index (χ3v) is 4.27. The van der Waals surface area contributed by atoms with Gasteiger partial charge in [0.1, 0.15) is 0 Å². The van der Waals surface area contributed by atoms with Crippen LogP contribution < -0.4 is 10.6 Å². The lowest BCUT2D eigenvalue weighted by atomic mass is 9.78. The molecular weight excluding hydrogens is 272 g/mol. The van der Waals surface area contributed by atoms with Crippen molar-refractivity contribution in [3.05, 3.63) is 17.7 Å². The number of hydrogen-bond acceptors (Lipinski definition) is 3. The normalized spacial score (nSPS) is 22.4. The van der Waals surface area contributed by atoms with Crippen LogP contribution in [0.25, 0.3) is 0 Å². The molecule has 1 aliphatic carbocycles. The molecule has 2 unspecified atom stereocenters. The molecular formula is C16H25F2N3. The number of nitrogens with one attached hydrogen (secondary N) is 2. The Morgan fingerprint density at radius 2 is 1.86 bits per heavy atom. The molecule has 0 aliphatic heterocycles. The Balaban J connectivity index is 2.19. The van der Waals surface area contributed by atoms with Crippen molar-refractivity contribution in [1.82, 2.24) is 4.98 Å². The van der Waals surface area contributed by atoms with E-state index in [-0.39, 0.29) is 17.7 Å². The van der Waals surface area contributed by atoms with E-state index in [4.69, 9.17) is 0 Å². The number of pyridine rings is 1. The number of hydrogen-bond donors (Lipinski definition) is 2. The van der Waals surface area contributed by atoms with Crippen LogP contribution in [0.15, 0.2) is 6.07 Å². The molecule has 0 spiro atoms. The Morgan fingerprint density at radius 3 is 2.52 bits per heavy atom. The maximum atomic E-state index is 14.0. The largest absolute Gasteiger partial charge is 0.368 e. The second-order valence-corrected chi connectivity index (χ2v) is 6.12. The summed E-state index contributed by atoms with van der Waals surface area (Å²) in [5, 5.41) is 6.04. The molecule has 0 bridgehead atoms. The highest BCUT2D eigenvalue weighted by atomic mass is 19.1. The molecule has 3 nitrogen and oxygen atoms in total. The van der Waals surface area contributed by atoms with Gasteiger partial charge in [-0.1, -0.05) is 26.7 Å². The highest BCUT2D eigenvalue weighted by Crippen LogP contribution is 2.32. The third kappa shape index (κ3) is 3.83. The van der Waals surface area contributed by atoms with Gasteiger partial charge in [0.2, 0.25) is 0 Å². The Labute approximate surface area is 125 Å². The van der Waals surface area contributed by atoms with Crippen molar-refractivity contribution in [3.8, 4) is 0 Å². The average molecular weight is 297 g/mol. The van der Waals surface area contributed by atoms with Crippen LogP contribution in [0.1, 0.15) is 46.5 Å². The minimum absolute atomic E-state index is 0.110. The van der Waals surface area contributed by atoms with Crippen LogP contribution >= 0.6 is 0 Å². The van der Waals surface area contributed by atoms with Gasteiger partial charge in [-0.05, 0) is 31.6 Å². The minimum atomic E-state index is -0.649. The maximum Gasteiger partial charge on any atom is 0.168 e. The van der Waals surface area contributed by atoms with E-state index in [9.17, 15) is 8.78 Å². The Kier molecular flexibility index (Phi) is 5.37. The Hall–Kier alpha value is -1.39. The average Bonchev–Trinajstić information content (AvgIpc) is 2.44. The lowest BCUT2D eigenvalue weighted by Gasteiger charge is -2.35. The molecule has 1 heterocycles. The van der Waals surface area contributed by atoms with E-state index >= 15 is 0 Å². The molecule has 1 aromatic rings. The number of aromatic nitrogens is 1. The summed E-state index contributed by atoms with van der Waals surface area (Å²) >= 11 is 0. The van der Waals surface area contributed by atoms with Gasteiger partial charge in [-0.15, -0.1) is 0 Å². The van der Waals surface area contributed by atoms with Gasteiger partial charge in [-0.2, -0.15) is 0 Å². The Bertz CT molecular complexity index is 477. The van der Waals surface area contributed by atoms with Crippen LogP contribution in [0.5, 0.6) is 0 Å². The zero-order valence-corrected chi connectivity index (χ0v) is 13.0. The van der Waals surface area contributed by atoms with Gasteiger partial charge in [0, 0.05) is 18.7 Å². The van der Waals surface area contributed by atoms with Crippen LogP contribution in [0.4, 0.5) is 20.4 Å². The van der Waals surface area contributed by atoms with Gasteiger partial charge >= 0.3 is 0 Å². The van der Waals surface area contributed by atoms with Crippen molar-refractivity contribution >= 4 is 11.6 Å². The lowest BCUT2D eigenvalue weighted by Crippen LogP contribution is -2.35. The molecule has 5 heteroatoms. The van der Waals surface area contributed by atoms with Crippen LogP contribution in [0, 0.1) is 23.5 Å². The third-order valence-electron chi connectivity index (χ3n) is 4.27. The molecule has 0 aromatic carbocycles. The second kappa shape index (κ2) is 7.05. The van der Waals surface area contributed by atoms with Crippen LogP contribution in [-0.2, 0) is 0 Å². The van der Waals surface area contributed by atoms with E-state index in [1.807, 2.05) is 6.92 Å². The smallest absolute Gasteiger partial charge is 0.168 e. The first kappa shape index (κ1) is 16.0. The summed E-state index contributed by atoms with van der Waals surface area (Å²) in [5.74, 6) is 0.0431. The van der Waals surface area contributed by atoms with E-state index in [1.165, 1.54) is 6.42 Å². The summed E-state index contributed by atoms with van der Waals surface area (Å²) in [7, 11) is 0. The van der Waals surface area contributed by atoms with E-state index in [1.54, 1.807) is 0 Å². The molecule has 0 amide bonds. The number of halogens is 2. The first-order chi connectivity index (χ1) is 10.0. The molecule has 1 saturated carbocycles. The maximum absolute atomic E-state index is 14.0. The second-order valence-electron chi connectivity index (χ2n) is 6.12.